The largest absolute Gasteiger partial charge is 0.379 e. The standard InChI is InChI=1S/C13H13ClFN/c14-10-5-2-6-11(13(10)15)16-12-7-8-3-1-4-9(8)12/h1-2,4-6,8-9,12,16H,3,7H2. The van der Waals surface area contributed by atoms with Crippen molar-refractivity contribution in [2.75, 3.05) is 5.32 Å². The van der Waals surface area contributed by atoms with Crippen LogP contribution in [0.25, 0.3) is 0 Å². The molecule has 2 aliphatic rings. The molecule has 1 aromatic carbocycles. The molecule has 1 fully saturated rings. The number of rotatable bonds is 2. The molecule has 0 aromatic heterocycles. The normalized spacial score (nSPS) is 31.0. The van der Waals surface area contributed by atoms with E-state index in [1.54, 1.807) is 18.2 Å². The van der Waals surface area contributed by atoms with Crippen LogP contribution in [0.1, 0.15) is 12.8 Å². The van der Waals surface area contributed by atoms with Crippen LogP contribution in [0.5, 0.6) is 0 Å². The molecule has 0 bridgehead atoms. The third-order valence-electron chi connectivity index (χ3n) is 3.66. The van der Waals surface area contributed by atoms with Crippen molar-refractivity contribution >= 4 is 17.3 Å². The summed E-state index contributed by atoms with van der Waals surface area (Å²) in [5, 5.41) is 3.43. The topological polar surface area (TPSA) is 12.0 Å². The number of anilines is 1. The summed E-state index contributed by atoms with van der Waals surface area (Å²) in [4.78, 5) is 0. The predicted octanol–water partition coefficient (Wildman–Crippen LogP) is 3.86. The average Bonchev–Trinajstić information content (AvgIpc) is 2.62. The van der Waals surface area contributed by atoms with Crippen LogP contribution in [0, 0.1) is 17.7 Å². The first-order valence-electron chi connectivity index (χ1n) is 5.63. The van der Waals surface area contributed by atoms with E-state index in [2.05, 4.69) is 17.5 Å². The Morgan fingerprint density at radius 3 is 3.06 bits per heavy atom. The third kappa shape index (κ3) is 1.52. The lowest BCUT2D eigenvalue weighted by Gasteiger charge is -2.41. The van der Waals surface area contributed by atoms with E-state index in [9.17, 15) is 4.39 Å². The highest BCUT2D eigenvalue weighted by atomic mass is 35.5. The Morgan fingerprint density at radius 2 is 2.25 bits per heavy atom. The van der Waals surface area contributed by atoms with Crippen molar-refractivity contribution in [1.82, 2.24) is 0 Å². The van der Waals surface area contributed by atoms with Gasteiger partial charge in [-0.25, -0.2) is 4.39 Å². The maximum atomic E-state index is 13.7. The van der Waals surface area contributed by atoms with E-state index in [0.29, 0.717) is 17.6 Å². The molecule has 0 amide bonds. The average molecular weight is 238 g/mol. The third-order valence-corrected chi connectivity index (χ3v) is 3.95. The summed E-state index contributed by atoms with van der Waals surface area (Å²) in [7, 11) is 0. The van der Waals surface area contributed by atoms with Gasteiger partial charge < -0.3 is 5.32 Å². The molecule has 3 atom stereocenters. The second-order valence-electron chi connectivity index (χ2n) is 4.59. The van der Waals surface area contributed by atoms with E-state index < -0.39 is 0 Å². The lowest BCUT2D eigenvalue weighted by atomic mass is 9.71. The molecule has 1 saturated carbocycles. The van der Waals surface area contributed by atoms with E-state index in [1.807, 2.05) is 0 Å². The Labute approximate surface area is 99.3 Å². The smallest absolute Gasteiger partial charge is 0.164 e. The number of hydrogen-bond donors (Lipinski definition) is 1. The second kappa shape index (κ2) is 3.77. The van der Waals surface area contributed by atoms with Gasteiger partial charge in [-0.05, 0) is 30.9 Å². The van der Waals surface area contributed by atoms with Crippen molar-refractivity contribution in [3.8, 4) is 0 Å². The molecule has 3 heteroatoms. The molecule has 3 unspecified atom stereocenters. The summed E-state index contributed by atoms with van der Waals surface area (Å²) in [5.41, 5.74) is 0.524. The summed E-state index contributed by atoms with van der Waals surface area (Å²) in [6.07, 6.45) is 6.78. The predicted molar refractivity (Wildman–Crippen MR) is 64.2 cm³/mol. The Morgan fingerprint density at radius 1 is 1.38 bits per heavy atom. The van der Waals surface area contributed by atoms with Crippen LogP contribution in [0.2, 0.25) is 5.02 Å². The fraction of sp³-hybridized carbons (Fsp3) is 0.385. The van der Waals surface area contributed by atoms with Gasteiger partial charge in [-0.15, -0.1) is 0 Å². The summed E-state index contributed by atoms with van der Waals surface area (Å²) in [5.74, 6) is 1.02. The molecule has 1 aromatic rings. The molecule has 0 heterocycles. The van der Waals surface area contributed by atoms with Crippen molar-refractivity contribution in [2.45, 2.75) is 18.9 Å². The van der Waals surface area contributed by atoms with Gasteiger partial charge in [-0.2, -0.15) is 0 Å². The Bertz CT molecular complexity index is 444. The fourth-order valence-electron chi connectivity index (χ4n) is 2.70. The van der Waals surface area contributed by atoms with Crippen LogP contribution >= 0.6 is 11.6 Å². The molecule has 84 valence electrons. The van der Waals surface area contributed by atoms with Crippen molar-refractivity contribution in [3.05, 3.63) is 41.2 Å². The van der Waals surface area contributed by atoms with E-state index in [0.717, 1.165) is 12.3 Å². The molecular formula is C13H13ClFN. The zero-order valence-electron chi connectivity index (χ0n) is 8.79. The summed E-state index contributed by atoms with van der Waals surface area (Å²) in [6, 6.07) is 5.46. The summed E-state index contributed by atoms with van der Waals surface area (Å²) >= 11 is 5.74. The lowest BCUT2D eigenvalue weighted by molar-refractivity contribution is 0.217. The number of nitrogens with one attached hydrogen (secondary N) is 1. The van der Waals surface area contributed by atoms with Gasteiger partial charge in [-0.1, -0.05) is 29.8 Å². The minimum atomic E-state index is -0.338. The highest BCUT2D eigenvalue weighted by molar-refractivity contribution is 6.31. The van der Waals surface area contributed by atoms with Gasteiger partial charge >= 0.3 is 0 Å². The summed E-state index contributed by atoms with van der Waals surface area (Å²) < 4.78 is 13.7. The van der Waals surface area contributed by atoms with Gasteiger partial charge in [0.2, 0.25) is 0 Å². The molecule has 1 nitrogen and oxygen atoms in total. The maximum absolute atomic E-state index is 13.7. The SMILES string of the molecule is Fc1c(Cl)cccc1NC1CC2CC=CC21. The minimum absolute atomic E-state index is 0.183. The highest BCUT2D eigenvalue weighted by Gasteiger charge is 2.41. The molecule has 0 spiro atoms. The van der Waals surface area contributed by atoms with E-state index in [1.165, 1.54) is 6.42 Å². The van der Waals surface area contributed by atoms with Crippen LogP contribution in [-0.2, 0) is 0 Å². The Balaban J connectivity index is 1.75. The van der Waals surface area contributed by atoms with Gasteiger partial charge in [0, 0.05) is 12.0 Å². The zero-order valence-corrected chi connectivity index (χ0v) is 9.54. The van der Waals surface area contributed by atoms with E-state index in [4.69, 9.17) is 11.6 Å². The molecule has 2 aliphatic carbocycles. The monoisotopic (exact) mass is 237 g/mol. The quantitative estimate of drug-likeness (QED) is 0.771. The van der Waals surface area contributed by atoms with Crippen LogP contribution in [0.15, 0.2) is 30.4 Å². The Kier molecular flexibility index (Phi) is 2.40. The first-order valence-corrected chi connectivity index (χ1v) is 6.00. The van der Waals surface area contributed by atoms with Gasteiger partial charge in [0.1, 0.15) is 0 Å². The summed E-state index contributed by atoms with van der Waals surface area (Å²) in [6.45, 7) is 0. The number of benzene rings is 1. The molecule has 0 radical (unpaired) electrons. The lowest BCUT2D eigenvalue weighted by Crippen LogP contribution is -2.43. The molecular weight excluding hydrogens is 225 g/mol. The first kappa shape index (κ1) is 10.2. The number of allylic oxidation sites excluding steroid dienone is 1. The Hall–Kier alpha value is -1.02. The minimum Gasteiger partial charge on any atom is -0.379 e. The van der Waals surface area contributed by atoms with Gasteiger partial charge in [0.05, 0.1) is 10.7 Å². The van der Waals surface area contributed by atoms with Crippen molar-refractivity contribution in [1.29, 1.82) is 0 Å². The van der Waals surface area contributed by atoms with Gasteiger partial charge in [0.25, 0.3) is 0 Å². The van der Waals surface area contributed by atoms with Crippen LogP contribution < -0.4 is 5.32 Å². The highest BCUT2D eigenvalue weighted by Crippen LogP contribution is 2.44. The van der Waals surface area contributed by atoms with E-state index >= 15 is 0 Å². The van der Waals surface area contributed by atoms with Crippen LogP contribution in [-0.4, -0.2) is 6.04 Å². The number of fused-ring (bicyclic) bond motifs is 1. The fourth-order valence-corrected chi connectivity index (χ4v) is 2.87. The maximum Gasteiger partial charge on any atom is 0.164 e. The van der Waals surface area contributed by atoms with E-state index in [-0.39, 0.29) is 10.8 Å². The zero-order chi connectivity index (χ0) is 11.1. The molecule has 0 saturated heterocycles. The van der Waals surface area contributed by atoms with Crippen molar-refractivity contribution in [2.24, 2.45) is 11.8 Å². The molecule has 0 aliphatic heterocycles. The van der Waals surface area contributed by atoms with Crippen molar-refractivity contribution < 1.29 is 4.39 Å². The molecule has 1 N–H and O–H groups in total. The number of halogens is 2. The molecule has 3 rings (SSSR count). The second-order valence-corrected chi connectivity index (χ2v) is 5.00. The van der Waals surface area contributed by atoms with Crippen molar-refractivity contribution in [3.63, 3.8) is 0 Å². The van der Waals surface area contributed by atoms with Crippen LogP contribution in [0.4, 0.5) is 10.1 Å². The van der Waals surface area contributed by atoms with Crippen LogP contribution in [0.3, 0.4) is 0 Å². The number of hydrogen-bond acceptors (Lipinski definition) is 1. The van der Waals surface area contributed by atoms with Gasteiger partial charge in [-0.3, -0.25) is 0 Å². The first-order chi connectivity index (χ1) is 7.75. The molecule has 16 heavy (non-hydrogen) atoms. The van der Waals surface area contributed by atoms with Gasteiger partial charge in [0.15, 0.2) is 5.82 Å².